The Morgan fingerprint density at radius 2 is 1.88 bits per heavy atom. The largest absolute Gasteiger partial charge is 0.493 e. The van der Waals surface area contributed by atoms with Crippen LogP contribution < -0.4 is 4.74 Å². The van der Waals surface area contributed by atoms with E-state index in [0.29, 0.717) is 0 Å². The highest BCUT2D eigenvalue weighted by Gasteiger charge is 2.33. The summed E-state index contributed by atoms with van der Waals surface area (Å²) < 4.78 is 5.91. The zero-order valence-electron chi connectivity index (χ0n) is 9.93. The lowest BCUT2D eigenvalue weighted by atomic mass is 10.1. The van der Waals surface area contributed by atoms with Gasteiger partial charge in [0, 0.05) is 15.9 Å². The van der Waals surface area contributed by atoms with Gasteiger partial charge in [0.05, 0.1) is 6.61 Å². The van der Waals surface area contributed by atoms with E-state index < -0.39 is 0 Å². The number of fused-ring (bicyclic) bond motifs is 1. The molecule has 2 aromatic rings. The van der Waals surface area contributed by atoms with Gasteiger partial charge in [0.1, 0.15) is 5.75 Å². The van der Waals surface area contributed by atoms with Crippen LogP contribution in [0.25, 0.3) is 10.8 Å². The molecule has 1 nitrogen and oxygen atoms in total. The highest BCUT2D eigenvalue weighted by molar-refractivity contribution is 8.07. The first-order chi connectivity index (χ1) is 8.34. The third-order valence-corrected chi connectivity index (χ3v) is 4.68. The van der Waals surface area contributed by atoms with Gasteiger partial charge < -0.3 is 4.74 Å². The van der Waals surface area contributed by atoms with Gasteiger partial charge in [-0.25, -0.2) is 0 Å². The SMILES string of the molecule is CC1SC1CCOc1cccc2ccccc12. The van der Waals surface area contributed by atoms with Gasteiger partial charge in [0.2, 0.25) is 0 Å². The first-order valence-corrected chi connectivity index (χ1v) is 7.05. The summed E-state index contributed by atoms with van der Waals surface area (Å²) in [4.78, 5) is 0. The number of ether oxygens (including phenoxy) is 1. The van der Waals surface area contributed by atoms with E-state index in [1.807, 2.05) is 0 Å². The van der Waals surface area contributed by atoms with E-state index in [-0.39, 0.29) is 0 Å². The van der Waals surface area contributed by atoms with Crippen molar-refractivity contribution in [3.63, 3.8) is 0 Å². The molecule has 0 amide bonds. The molecule has 2 unspecified atom stereocenters. The van der Waals surface area contributed by atoms with E-state index in [4.69, 9.17) is 4.74 Å². The quantitative estimate of drug-likeness (QED) is 0.748. The van der Waals surface area contributed by atoms with Crippen molar-refractivity contribution in [2.75, 3.05) is 6.61 Å². The van der Waals surface area contributed by atoms with Crippen molar-refractivity contribution in [1.29, 1.82) is 0 Å². The summed E-state index contributed by atoms with van der Waals surface area (Å²) in [7, 11) is 0. The lowest BCUT2D eigenvalue weighted by Crippen LogP contribution is -2.02. The number of thioether (sulfide) groups is 1. The van der Waals surface area contributed by atoms with Crippen molar-refractivity contribution in [3.05, 3.63) is 42.5 Å². The zero-order valence-corrected chi connectivity index (χ0v) is 10.7. The van der Waals surface area contributed by atoms with Crippen molar-refractivity contribution in [3.8, 4) is 5.75 Å². The second-order valence-corrected chi connectivity index (χ2v) is 6.12. The second-order valence-electron chi connectivity index (χ2n) is 4.49. The summed E-state index contributed by atoms with van der Waals surface area (Å²) >= 11 is 2.05. The number of hydrogen-bond donors (Lipinski definition) is 0. The van der Waals surface area contributed by atoms with Gasteiger partial charge in [0.15, 0.2) is 0 Å². The molecule has 17 heavy (non-hydrogen) atoms. The van der Waals surface area contributed by atoms with E-state index in [1.165, 1.54) is 10.8 Å². The van der Waals surface area contributed by atoms with E-state index in [9.17, 15) is 0 Å². The summed E-state index contributed by atoms with van der Waals surface area (Å²) in [6.07, 6.45) is 1.16. The maximum absolute atomic E-state index is 5.91. The normalized spacial score (nSPS) is 22.6. The smallest absolute Gasteiger partial charge is 0.127 e. The lowest BCUT2D eigenvalue weighted by molar-refractivity contribution is 0.316. The molecule has 0 N–H and O–H groups in total. The Kier molecular flexibility index (Phi) is 2.98. The van der Waals surface area contributed by atoms with E-state index in [2.05, 4.69) is 61.2 Å². The highest BCUT2D eigenvalue weighted by Crippen LogP contribution is 2.43. The zero-order chi connectivity index (χ0) is 11.7. The monoisotopic (exact) mass is 244 g/mol. The Morgan fingerprint density at radius 1 is 1.12 bits per heavy atom. The number of rotatable bonds is 4. The van der Waals surface area contributed by atoms with Crippen LogP contribution in [0.1, 0.15) is 13.3 Å². The molecule has 1 aliphatic heterocycles. The molecule has 1 heterocycles. The van der Waals surface area contributed by atoms with Gasteiger partial charge in [-0.1, -0.05) is 43.3 Å². The van der Waals surface area contributed by atoms with Crippen LogP contribution in [0.5, 0.6) is 5.75 Å². The molecule has 0 spiro atoms. The van der Waals surface area contributed by atoms with Crippen LogP contribution in [-0.4, -0.2) is 17.1 Å². The Bertz CT molecular complexity index is 518. The predicted molar refractivity (Wildman–Crippen MR) is 74.9 cm³/mol. The lowest BCUT2D eigenvalue weighted by Gasteiger charge is -2.08. The van der Waals surface area contributed by atoms with Crippen molar-refractivity contribution in [1.82, 2.24) is 0 Å². The van der Waals surface area contributed by atoms with Gasteiger partial charge in [-0.05, 0) is 17.9 Å². The molecule has 1 aliphatic rings. The van der Waals surface area contributed by atoms with Crippen molar-refractivity contribution in [2.45, 2.75) is 23.8 Å². The molecule has 2 heteroatoms. The predicted octanol–water partition coefficient (Wildman–Crippen LogP) is 4.11. The first kappa shape index (κ1) is 11.0. The summed E-state index contributed by atoms with van der Waals surface area (Å²) in [5.74, 6) is 1.02. The summed E-state index contributed by atoms with van der Waals surface area (Å²) in [6, 6.07) is 14.6. The van der Waals surface area contributed by atoms with Crippen LogP contribution in [0.3, 0.4) is 0 Å². The molecule has 88 valence electrons. The van der Waals surface area contributed by atoms with Gasteiger partial charge in [-0.3, -0.25) is 0 Å². The molecule has 0 aliphatic carbocycles. The van der Waals surface area contributed by atoms with Gasteiger partial charge in [0.25, 0.3) is 0 Å². The minimum atomic E-state index is 0.824. The fourth-order valence-corrected chi connectivity index (χ4v) is 2.97. The number of hydrogen-bond acceptors (Lipinski definition) is 2. The molecule has 2 aromatic carbocycles. The van der Waals surface area contributed by atoms with Crippen LogP contribution in [0.15, 0.2) is 42.5 Å². The fourth-order valence-electron chi connectivity index (χ4n) is 2.14. The molecule has 0 bridgehead atoms. The maximum atomic E-state index is 5.91. The molecule has 3 rings (SSSR count). The molecule has 2 atom stereocenters. The fraction of sp³-hybridized carbons (Fsp3) is 0.333. The Hall–Kier alpha value is -1.15. The van der Waals surface area contributed by atoms with Crippen LogP contribution in [-0.2, 0) is 0 Å². The van der Waals surface area contributed by atoms with E-state index in [0.717, 1.165) is 29.3 Å². The van der Waals surface area contributed by atoms with Crippen molar-refractivity contribution in [2.24, 2.45) is 0 Å². The Balaban J connectivity index is 1.71. The van der Waals surface area contributed by atoms with Gasteiger partial charge in [-0.2, -0.15) is 11.8 Å². The second kappa shape index (κ2) is 4.61. The maximum Gasteiger partial charge on any atom is 0.127 e. The molecule has 1 saturated heterocycles. The third-order valence-electron chi connectivity index (χ3n) is 3.25. The summed E-state index contributed by atoms with van der Waals surface area (Å²) in [5.41, 5.74) is 0. The minimum Gasteiger partial charge on any atom is -0.493 e. The summed E-state index contributed by atoms with van der Waals surface area (Å²) in [6.45, 7) is 3.11. The molecule has 0 saturated carbocycles. The van der Waals surface area contributed by atoms with Crippen LogP contribution in [0.2, 0.25) is 0 Å². The van der Waals surface area contributed by atoms with Gasteiger partial charge in [-0.15, -0.1) is 0 Å². The average molecular weight is 244 g/mol. The van der Waals surface area contributed by atoms with E-state index >= 15 is 0 Å². The Morgan fingerprint density at radius 3 is 2.71 bits per heavy atom. The molecule has 0 radical (unpaired) electrons. The highest BCUT2D eigenvalue weighted by atomic mass is 32.2. The van der Waals surface area contributed by atoms with Gasteiger partial charge >= 0.3 is 0 Å². The van der Waals surface area contributed by atoms with Crippen molar-refractivity contribution < 1.29 is 4.74 Å². The average Bonchev–Trinajstić information content (AvgIpc) is 3.06. The first-order valence-electron chi connectivity index (χ1n) is 6.10. The van der Waals surface area contributed by atoms with E-state index in [1.54, 1.807) is 0 Å². The molecule has 0 aromatic heterocycles. The van der Waals surface area contributed by atoms with Crippen LogP contribution in [0.4, 0.5) is 0 Å². The molecular formula is C15H16OS. The van der Waals surface area contributed by atoms with Crippen LogP contribution in [0, 0.1) is 0 Å². The Labute approximate surface area is 106 Å². The molecule has 1 fully saturated rings. The molecular weight excluding hydrogens is 228 g/mol. The summed E-state index contributed by atoms with van der Waals surface area (Å²) in [5, 5.41) is 4.13. The van der Waals surface area contributed by atoms with Crippen molar-refractivity contribution >= 4 is 22.5 Å². The minimum absolute atomic E-state index is 0.824. The van der Waals surface area contributed by atoms with Crippen LogP contribution >= 0.6 is 11.8 Å². The number of benzene rings is 2. The standard InChI is InChI=1S/C15H16OS/c1-11-15(17-11)9-10-16-14-8-4-6-12-5-2-3-7-13(12)14/h2-8,11,15H,9-10H2,1H3. The topological polar surface area (TPSA) is 9.23 Å². The third kappa shape index (κ3) is 2.42.